The normalized spacial score (nSPS) is 11.5. The molecule has 34 heavy (non-hydrogen) atoms. The van der Waals surface area contributed by atoms with Gasteiger partial charge in [-0.3, -0.25) is 0 Å². The highest BCUT2D eigenvalue weighted by atomic mass is 15.0. The van der Waals surface area contributed by atoms with Gasteiger partial charge in [0.1, 0.15) is 0 Å². The largest absolute Gasteiger partial charge is 0.354 e. The van der Waals surface area contributed by atoms with Crippen LogP contribution in [0.2, 0.25) is 0 Å². The number of nitrogens with zero attached hydrogens (tertiary/aromatic N) is 1. The molecule has 2 heteroatoms. The molecule has 2 nitrogen and oxygen atoms in total. The van der Waals surface area contributed by atoms with E-state index in [1.807, 2.05) is 0 Å². The van der Waals surface area contributed by atoms with Gasteiger partial charge in [-0.15, -0.1) is 0 Å². The number of H-pyrrole nitrogens is 1. The molecule has 0 aliphatic rings. The van der Waals surface area contributed by atoms with E-state index >= 15 is 0 Å². The summed E-state index contributed by atoms with van der Waals surface area (Å²) in [6, 6.07) is 45.3. The maximum atomic E-state index is 3.76. The van der Waals surface area contributed by atoms with E-state index in [0.717, 1.165) is 11.2 Å². The number of hydrogen-bond donors (Lipinski definition) is 1. The van der Waals surface area contributed by atoms with Crippen LogP contribution in [0.25, 0.3) is 60.8 Å². The molecule has 0 saturated heterocycles. The molecule has 7 aromatic rings. The third kappa shape index (κ3) is 2.76. The number of para-hydroxylation sites is 2. The van der Waals surface area contributed by atoms with Crippen molar-refractivity contribution in [1.29, 1.82) is 0 Å². The van der Waals surface area contributed by atoms with E-state index in [1.165, 1.54) is 49.6 Å². The second kappa shape index (κ2) is 7.50. The van der Waals surface area contributed by atoms with Crippen molar-refractivity contribution < 1.29 is 0 Å². The summed E-state index contributed by atoms with van der Waals surface area (Å²) in [6.45, 7) is 0. The zero-order chi connectivity index (χ0) is 22.5. The number of aromatic nitrogens is 2. The van der Waals surface area contributed by atoms with E-state index in [9.17, 15) is 0 Å². The molecule has 5 aromatic carbocycles. The van der Waals surface area contributed by atoms with Gasteiger partial charge in [0.05, 0.1) is 16.7 Å². The first-order valence-corrected chi connectivity index (χ1v) is 11.6. The van der Waals surface area contributed by atoms with Crippen molar-refractivity contribution in [2.75, 3.05) is 0 Å². The fourth-order valence-electron chi connectivity index (χ4n) is 5.30. The van der Waals surface area contributed by atoms with Gasteiger partial charge in [-0.25, -0.2) is 0 Å². The highest BCUT2D eigenvalue weighted by molar-refractivity contribution is 6.22. The number of nitrogens with one attached hydrogen (secondary N) is 1. The van der Waals surface area contributed by atoms with E-state index in [4.69, 9.17) is 0 Å². The van der Waals surface area contributed by atoms with Crippen LogP contribution in [-0.2, 0) is 0 Å². The minimum atomic E-state index is 1.16. The third-order valence-corrected chi connectivity index (χ3v) is 6.74. The number of benzene rings is 5. The molecule has 0 aliphatic carbocycles. The van der Waals surface area contributed by atoms with Gasteiger partial charge in [-0.2, -0.15) is 0 Å². The van der Waals surface area contributed by atoms with Crippen molar-refractivity contribution in [1.82, 2.24) is 9.55 Å². The van der Waals surface area contributed by atoms with Crippen LogP contribution in [0.15, 0.2) is 127 Å². The van der Waals surface area contributed by atoms with E-state index in [2.05, 4.69) is 137 Å². The molecule has 160 valence electrons. The molecule has 0 aliphatic heterocycles. The zero-order valence-corrected chi connectivity index (χ0v) is 18.6. The first-order chi connectivity index (χ1) is 16.9. The van der Waals surface area contributed by atoms with E-state index in [0.29, 0.717) is 0 Å². The van der Waals surface area contributed by atoms with Crippen LogP contribution in [0.5, 0.6) is 0 Å². The number of aromatic amines is 1. The first kappa shape index (κ1) is 19.0. The van der Waals surface area contributed by atoms with Gasteiger partial charge in [0.2, 0.25) is 0 Å². The minimum Gasteiger partial charge on any atom is -0.354 e. The Labute approximate surface area is 197 Å². The van der Waals surface area contributed by atoms with Crippen molar-refractivity contribution in [3.63, 3.8) is 0 Å². The molecule has 0 bridgehead atoms. The topological polar surface area (TPSA) is 20.7 Å². The van der Waals surface area contributed by atoms with Gasteiger partial charge >= 0.3 is 0 Å². The summed E-state index contributed by atoms with van der Waals surface area (Å²) in [7, 11) is 0. The second-order valence-corrected chi connectivity index (χ2v) is 8.68. The highest BCUT2D eigenvalue weighted by Gasteiger charge is 2.23. The average molecular weight is 435 g/mol. The Bertz CT molecular complexity index is 1770. The Balaban J connectivity index is 1.75. The maximum Gasteiger partial charge on any atom is 0.0620 e. The van der Waals surface area contributed by atoms with Gasteiger partial charge in [-0.1, -0.05) is 103 Å². The highest BCUT2D eigenvalue weighted by Crippen LogP contribution is 2.46. The summed E-state index contributed by atoms with van der Waals surface area (Å²) in [4.78, 5) is 3.76. The molecule has 0 saturated carbocycles. The van der Waals surface area contributed by atoms with Gasteiger partial charge in [0.15, 0.2) is 0 Å². The van der Waals surface area contributed by atoms with E-state index < -0.39 is 0 Å². The molecule has 2 heterocycles. The summed E-state index contributed by atoms with van der Waals surface area (Å²) < 4.78 is 2.41. The summed E-state index contributed by atoms with van der Waals surface area (Å²) >= 11 is 0. The van der Waals surface area contributed by atoms with E-state index in [-0.39, 0.29) is 0 Å². The summed E-state index contributed by atoms with van der Waals surface area (Å²) in [5.41, 5.74) is 9.58. The Morgan fingerprint density at radius 3 is 1.85 bits per heavy atom. The fourth-order valence-corrected chi connectivity index (χ4v) is 5.30. The van der Waals surface area contributed by atoms with E-state index in [1.54, 1.807) is 0 Å². The van der Waals surface area contributed by atoms with Crippen molar-refractivity contribution in [3.8, 4) is 28.1 Å². The smallest absolute Gasteiger partial charge is 0.0620 e. The lowest BCUT2D eigenvalue weighted by Gasteiger charge is -2.13. The third-order valence-electron chi connectivity index (χ3n) is 6.74. The Morgan fingerprint density at radius 2 is 1.12 bits per heavy atom. The molecule has 7 rings (SSSR count). The molecule has 0 unspecified atom stereocenters. The Hall–Kier alpha value is -4.56. The van der Waals surface area contributed by atoms with Crippen molar-refractivity contribution >= 4 is 32.7 Å². The van der Waals surface area contributed by atoms with Gasteiger partial charge in [0.25, 0.3) is 0 Å². The molecule has 0 spiro atoms. The molecule has 1 N–H and O–H groups in total. The van der Waals surface area contributed by atoms with Crippen LogP contribution in [0.4, 0.5) is 0 Å². The predicted molar refractivity (Wildman–Crippen MR) is 144 cm³/mol. The Kier molecular flexibility index (Phi) is 4.18. The van der Waals surface area contributed by atoms with Crippen molar-refractivity contribution in [2.45, 2.75) is 0 Å². The quantitative estimate of drug-likeness (QED) is 0.287. The number of hydrogen-bond acceptors (Lipinski definition) is 0. The lowest BCUT2D eigenvalue weighted by molar-refractivity contribution is 1.14. The monoisotopic (exact) mass is 434 g/mol. The summed E-state index contributed by atoms with van der Waals surface area (Å²) in [6.07, 6.45) is 0. The molecular formula is C32H22N2. The fraction of sp³-hybridized carbons (Fsp3) is 0. The SMILES string of the molecule is c1ccc(-c2c(-c3ccccc3)n(-c3ccccc3)c3ccc4c5ccccc5[nH]c4c23)cc1. The Morgan fingerprint density at radius 1 is 0.500 bits per heavy atom. The summed E-state index contributed by atoms with van der Waals surface area (Å²) in [5.74, 6) is 0. The van der Waals surface area contributed by atoms with Gasteiger partial charge in [0, 0.05) is 32.9 Å². The van der Waals surface area contributed by atoms with Crippen LogP contribution >= 0.6 is 0 Å². The predicted octanol–water partition coefficient (Wildman–Crippen LogP) is 8.60. The van der Waals surface area contributed by atoms with Crippen LogP contribution in [0, 0.1) is 0 Å². The summed E-state index contributed by atoms with van der Waals surface area (Å²) in [5, 5.41) is 3.76. The number of rotatable bonds is 3. The van der Waals surface area contributed by atoms with Crippen LogP contribution in [0.3, 0.4) is 0 Å². The zero-order valence-electron chi connectivity index (χ0n) is 18.6. The van der Waals surface area contributed by atoms with Gasteiger partial charge in [-0.05, 0) is 35.4 Å². The van der Waals surface area contributed by atoms with Crippen molar-refractivity contribution in [3.05, 3.63) is 127 Å². The molecule has 0 radical (unpaired) electrons. The maximum absolute atomic E-state index is 3.76. The average Bonchev–Trinajstić information content (AvgIpc) is 3.46. The number of fused-ring (bicyclic) bond motifs is 5. The first-order valence-electron chi connectivity index (χ1n) is 11.6. The molecule has 0 fully saturated rings. The second-order valence-electron chi connectivity index (χ2n) is 8.68. The van der Waals surface area contributed by atoms with Crippen LogP contribution in [0.1, 0.15) is 0 Å². The lowest BCUT2D eigenvalue weighted by atomic mass is 9.97. The van der Waals surface area contributed by atoms with Crippen LogP contribution in [-0.4, -0.2) is 9.55 Å². The molecular weight excluding hydrogens is 412 g/mol. The molecule has 2 aromatic heterocycles. The molecule has 0 atom stereocenters. The minimum absolute atomic E-state index is 1.16. The van der Waals surface area contributed by atoms with Gasteiger partial charge < -0.3 is 9.55 Å². The standard InChI is InChI=1S/C32H22N2/c1-4-12-22(13-5-1)29-30-28(21-20-26-25-18-10-11-19-27(25)33-31(26)30)34(24-16-8-3-9-17-24)32(29)23-14-6-2-7-15-23/h1-21,33H. The van der Waals surface area contributed by atoms with Crippen LogP contribution < -0.4 is 0 Å². The molecule has 0 amide bonds. The lowest BCUT2D eigenvalue weighted by Crippen LogP contribution is -1.97. The van der Waals surface area contributed by atoms with Crippen molar-refractivity contribution in [2.24, 2.45) is 0 Å².